The lowest BCUT2D eigenvalue weighted by Crippen LogP contribution is -2.65. The van der Waals surface area contributed by atoms with Crippen LogP contribution in [0, 0.1) is 5.92 Å². The lowest BCUT2D eigenvalue weighted by molar-refractivity contribution is -0.138. The molecule has 2 bridgehead atoms. The summed E-state index contributed by atoms with van der Waals surface area (Å²) in [5, 5.41) is 0. The minimum absolute atomic E-state index is 0.175. The highest BCUT2D eigenvalue weighted by molar-refractivity contribution is 5.95. The zero-order valence-electron chi connectivity index (χ0n) is 17.8. The van der Waals surface area contributed by atoms with Gasteiger partial charge < -0.3 is 19.1 Å². The van der Waals surface area contributed by atoms with Crippen molar-refractivity contribution in [2.45, 2.75) is 69.6 Å². The first-order valence-corrected chi connectivity index (χ1v) is 10.5. The monoisotopic (exact) mass is 399 g/mol. The zero-order chi connectivity index (χ0) is 20.7. The third kappa shape index (κ3) is 2.44. The van der Waals surface area contributed by atoms with Gasteiger partial charge in [-0.2, -0.15) is 0 Å². The molecule has 2 heterocycles. The van der Waals surface area contributed by atoms with Crippen LogP contribution in [0.3, 0.4) is 0 Å². The number of hydrogen-bond acceptors (Lipinski definition) is 6. The van der Waals surface area contributed by atoms with Crippen LogP contribution in [-0.2, 0) is 21.4 Å². The number of esters is 1. The fourth-order valence-electron chi connectivity index (χ4n) is 6.26. The topological polar surface area (TPSA) is 65.1 Å². The highest BCUT2D eigenvalue weighted by Crippen LogP contribution is 2.63. The highest BCUT2D eigenvalue weighted by atomic mass is 16.6. The van der Waals surface area contributed by atoms with Gasteiger partial charge in [0.1, 0.15) is 5.60 Å². The number of carbonyl (C=O) groups is 2. The van der Waals surface area contributed by atoms with E-state index in [0.29, 0.717) is 35.4 Å². The molecule has 1 aromatic rings. The zero-order valence-corrected chi connectivity index (χ0v) is 17.8. The molecule has 6 heteroatoms. The number of rotatable bonds is 2. The number of piperidine rings is 1. The van der Waals surface area contributed by atoms with E-state index in [0.717, 1.165) is 36.9 Å². The molecule has 0 unspecified atom stereocenters. The molecule has 0 aromatic heterocycles. The van der Waals surface area contributed by atoms with E-state index in [4.69, 9.17) is 14.2 Å². The van der Waals surface area contributed by atoms with Gasteiger partial charge in [0.2, 0.25) is 0 Å². The molecule has 1 saturated carbocycles. The molecule has 1 aromatic carbocycles. The predicted molar refractivity (Wildman–Crippen MR) is 107 cm³/mol. The van der Waals surface area contributed by atoms with Gasteiger partial charge in [-0.05, 0) is 71.2 Å². The minimum atomic E-state index is -0.585. The molecule has 5 rings (SSSR count). The largest absolute Gasteiger partial charge is 0.493 e. The number of methoxy groups -OCH3 is 1. The van der Waals surface area contributed by atoms with Crippen molar-refractivity contribution in [3.05, 3.63) is 22.8 Å². The van der Waals surface area contributed by atoms with Crippen molar-refractivity contribution in [2.24, 2.45) is 5.92 Å². The number of ketones is 1. The Bertz CT molecular complexity index is 917. The van der Waals surface area contributed by atoms with Crippen molar-refractivity contribution in [1.29, 1.82) is 0 Å². The van der Waals surface area contributed by atoms with Crippen LogP contribution < -0.4 is 9.47 Å². The molecule has 1 saturated heterocycles. The first-order chi connectivity index (χ1) is 13.7. The molecule has 156 valence electrons. The van der Waals surface area contributed by atoms with Crippen LogP contribution in [-0.4, -0.2) is 55.1 Å². The van der Waals surface area contributed by atoms with Crippen LogP contribution in [0.1, 0.15) is 61.5 Å². The lowest BCUT2D eigenvalue weighted by Gasteiger charge is -2.57. The Morgan fingerprint density at radius 2 is 2.10 bits per heavy atom. The fraction of sp³-hybridized carbons (Fsp3) is 0.652. The second-order valence-electron chi connectivity index (χ2n) is 9.96. The summed E-state index contributed by atoms with van der Waals surface area (Å²) in [6.45, 7) is 6.54. The molecule has 29 heavy (non-hydrogen) atoms. The normalized spacial score (nSPS) is 32.4. The van der Waals surface area contributed by atoms with Crippen molar-refractivity contribution >= 4 is 11.8 Å². The van der Waals surface area contributed by atoms with E-state index in [-0.39, 0.29) is 17.2 Å². The molecule has 0 N–H and O–H groups in total. The van der Waals surface area contributed by atoms with Crippen LogP contribution in [0.2, 0.25) is 0 Å². The number of nitrogens with zero attached hydrogens (tertiary/aromatic N) is 1. The number of ether oxygens (including phenoxy) is 3. The second kappa shape index (κ2) is 5.97. The summed E-state index contributed by atoms with van der Waals surface area (Å²) in [5.41, 5.74) is 1.65. The van der Waals surface area contributed by atoms with Crippen molar-refractivity contribution in [3.63, 3.8) is 0 Å². The van der Waals surface area contributed by atoms with E-state index in [2.05, 4.69) is 11.9 Å². The molecular formula is C23H29NO5. The quantitative estimate of drug-likeness (QED) is 0.713. The van der Waals surface area contributed by atoms with Gasteiger partial charge in [0.15, 0.2) is 23.4 Å². The number of hydrogen-bond donors (Lipinski definition) is 0. The summed E-state index contributed by atoms with van der Waals surface area (Å²) in [6, 6.07) is 2.05. The molecule has 4 aliphatic rings. The average molecular weight is 399 g/mol. The van der Waals surface area contributed by atoms with E-state index in [1.165, 1.54) is 0 Å². The highest BCUT2D eigenvalue weighted by Gasteiger charge is 2.66. The van der Waals surface area contributed by atoms with Gasteiger partial charge in [0.25, 0.3) is 0 Å². The summed E-state index contributed by atoms with van der Waals surface area (Å²) in [7, 11) is 3.74. The maximum Gasteiger partial charge on any atom is 0.339 e. The van der Waals surface area contributed by atoms with E-state index >= 15 is 0 Å². The Morgan fingerprint density at radius 3 is 2.79 bits per heavy atom. The van der Waals surface area contributed by atoms with Gasteiger partial charge >= 0.3 is 5.97 Å². The summed E-state index contributed by atoms with van der Waals surface area (Å²) < 4.78 is 17.7. The fourth-order valence-corrected chi connectivity index (χ4v) is 6.26. The number of benzene rings is 1. The van der Waals surface area contributed by atoms with Gasteiger partial charge in [-0.3, -0.25) is 4.79 Å². The van der Waals surface area contributed by atoms with Crippen molar-refractivity contribution in [1.82, 2.24) is 4.90 Å². The van der Waals surface area contributed by atoms with Gasteiger partial charge in [-0.15, -0.1) is 0 Å². The molecule has 4 atom stereocenters. The lowest BCUT2D eigenvalue weighted by atomic mass is 9.51. The SMILES string of the molecule is COc1cc(C(=O)OC(C)(C)C)c2c3c1O[C@H]1C(=O)CC[C@H]4[C@@H](C2)N(C)CC[C@]314. The molecule has 1 spiro atoms. The Labute approximate surface area is 171 Å². The van der Waals surface area contributed by atoms with E-state index in [1.807, 2.05) is 20.8 Å². The number of likely N-dealkylation sites (tertiary alicyclic amines) is 1. The van der Waals surface area contributed by atoms with Crippen LogP contribution in [0.4, 0.5) is 0 Å². The first-order valence-electron chi connectivity index (χ1n) is 10.5. The maximum atomic E-state index is 13.1. The average Bonchev–Trinajstić information content (AvgIpc) is 2.99. The number of carbonyl (C=O) groups excluding carboxylic acids is 2. The van der Waals surface area contributed by atoms with Gasteiger partial charge in [0.05, 0.1) is 12.7 Å². The Hall–Kier alpha value is -2.08. The molecular weight excluding hydrogens is 370 g/mol. The summed E-state index contributed by atoms with van der Waals surface area (Å²) in [5.74, 6) is 1.39. The smallest absolute Gasteiger partial charge is 0.339 e. The van der Waals surface area contributed by atoms with E-state index < -0.39 is 11.7 Å². The maximum absolute atomic E-state index is 13.1. The summed E-state index contributed by atoms with van der Waals surface area (Å²) >= 11 is 0. The summed E-state index contributed by atoms with van der Waals surface area (Å²) in [4.78, 5) is 28.5. The third-order valence-electron chi connectivity index (χ3n) is 7.34. The predicted octanol–water partition coefficient (Wildman–Crippen LogP) is 2.89. The molecule has 2 fully saturated rings. The van der Waals surface area contributed by atoms with Crippen LogP contribution in [0.15, 0.2) is 6.07 Å². The van der Waals surface area contributed by atoms with Gasteiger partial charge in [0, 0.05) is 23.4 Å². The van der Waals surface area contributed by atoms with Crippen LogP contribution >= 0.6 is 0 Å². The van der Waals surface area contributed by atoms with Gasteiger partial charge in [-0.1, -0.05) is 0 Å². The second-order valence-corrected chi connectivity index (χ2v) is 9.96. The van der Waals surface area contributed by atoms with Crippen molar-refractivity contribution in [3.8, 4) is 11.5 Å². The Balaban J connectivity index is 1.76. The van der Waals surface area contributed by atoms with E-state index in [9.17, 15) is 9.59 Å². The standard InChI is InChI=1S/C23H29NO5/c1-22(2,3)29-21(26)13-11-17(27-5)19-18-12(13)10-15-14-6-7-16(25)20(28-19)23(14,18)8-9-24(15)4/h11,14-15,20H,6-10H2,1-5H3/t14-,15+,20-,23-/m0/s1. The van der Waals surface area contributed by atoms with E-state index in [1.54, 1.807) is 13.2 Å². The molecule has 2 aliphatic carbocycles. The van der Waals surface area contributed by atoms with Gasteiger partial charge in [-0.25, -0.2) is 4.79 Å². The minimum Gasteiger partial charge on any atom is -0.493 e. The van der Waals surface area contributed by atoms with Crippen LogP contribution in [0.25, 0.3) is 0 Å². The number of likely N-dealkylation sites (N-methyl/N-ethyl adjacent to an activating group) is 1. The Kier molecular flexibility index (Phi) is 3.90. The third-order valence-corrected chi connectivity index (χ3v) is 7.34. The first kappa shape index (κ1) is 18.9. The molecule has 6 nitrogen and oxygen atoms in total. The molecule has 2 aliphatic heterocycles. The Morgan fingerprint density at radius 1 is 1.34 bits per heavy atom. The molecule has 0 amide bonds. The van der Waals surface area contributed by atoms with Crippen LogP contribution in [0.5, 0.6) is 11.5 Å². The van der Waals surface area contributed by atoms with Crippen molar-refractivity contribution in [2.75, 3.05) is 20.7 Å². The van der Waals surface area contributed by atoms with Crippen molar-refractivity contribution < 1.29 is 23.8 Å². The number of Topliss-reactive ketones (excluding diaryl/α,β-unsaturated/α-hetero) is 1. The molecule has 0 radical (unpaired) electrons. The summed E-state index contributed by atoms with van der Waals surface area (Å²) in [6.07, 6.45) is 2.61.